The number of likely N-dealkylation sites (N-methyl/N-ethyl adjacent to an activating group) is 1. The predicted molar refractivity (Wildman–Crippen MR) is 131 cm³/mol. The highest BCUT2D eigenvalue weighted by molar-refractivity contribution is 5.98. The Labute approximate surface area is 206 Å². The molecule has 0 saturated carbocycles. The smallest absolute Gasteiger partial charge is 0.336 e. The van der Waals surface area contributed by atoms with Crippen LogP contribution in [-0.4, -0.2) is 59.9 Å². The van der Waals surface area contributed by atoms with Gasteiger partial charge in [-0.15, -0.1) is 12.4 Å². The van der Waals surface area contributed by atoms with E-state index in [1.807, 2.05) is 6.08 Å². The molecule has 0 spiro atoms. The number of methoxy groups -OCH3 is 1. The van der Waals surface area contributed by atoms with Crippen molar-refractivity contribution in [3.8, 4) is 0 Å². The van der Waals surface area contributed by atoms with Gasteiger partial charge in [0, 0.05) is 43.4 Å². The Morgan fingerprint density at radius 2 is 1.88 bits per heavy atom. The van der Waals surface area contributed by atoms with Crippen molar-refractivity contribution in [3.05, 3.63) is 64.0 Å². The Balaban J connectivity index is 0.00000408. The van der Waals surface area contributed by atoms with Gasteiger partial charge in [0.2, 0.25) is 0 Å². The van der Waals surface area contributed by atoms with Crippen LogP contribution in [0.5, 0.6) is 0 Å². The summed E-state index contributed by atoms with van der Waals surface area (Å²) < 4.78 is 5.26. The summed E-state index contributed by atoms with van der Waals surface area (Å²) in [5.41, 5.74) is -0.528. The minimum absolute atomic E-state index is 0. The summed E-state index contributed by atoms with van der Waals surface area (Å²) in [6, 6.07) is 5.81. The third kappa shape index (κ3) is 5.59. The number of amides is 1. The largest absolute Gasteiger partial charge is 0.467 e. The van der Waals surface area contributed by atoms with Gasteiger partial charge < -0.3 is 19.9 Å². The monoisotopic (exact) mass is 492 g/mol. The number of rotatable bonds is 8. The maximum absolute atomic E-state index is 13.5. The number of likely N-dealkylation sites (tertiary alicyclic amines) is 1. The van der Waals surface area contributed by atoms with Crippen LogP contribution in [0.2, 0.25) is 0 Å². The van der Waals surface area contributed by atoms with Crippen LogP contribution in [0.4, 0.5) is 5.69 Å². The van der Waals surface area contributed by atoms with Gasteiger partial charge in [0.15, 0.2) is 5.54 Å². The molecule has 2 unspecified atom stereocenters. The SMILES string of the molecule is COC(=O)C(CC(C)N1CCCCC1)(c1ccc([N+](=O)[O-])cc1)N(C)C(=O)C1=CNC=CC1.Cl. The van der Waals surface area contributed by atoms with E-state index in [0.29, 0.717) is 24.0 Å². The number of nitro benzene ring substituents is 1. The molecule has 1 saturated heterocycles. The van der Waals surface area contributed by atoms with Gasteiger partial charge in [0.1, 0.15) is 0 Å². The molecular formula is C24H33ClN4O5. The van der Waals surface area contributed by atoms with Crippen molar-refractivity contribution in [2.45, 2.75) is 50.6 Å². The lowest BCUT2D eigenvalue weighted by Gasteiger charge is -2.44. The number of hydrogen-bond donors (Lipinski definition) is 1. The number of benzene rings is 1. The summed E-state index contributed by atoms with van der Waals surface area (Å²) in [7, 11) is 2.90. The second kappa shape index (κ2) is 12.0. The van der Waals surface area contributed by atoms with Crippen molar-refractivity contribution < 1.29 is 19.2 Å². The zero-order chi connectivity index (χ0) is 24.0. The summed E-state index contributed by atoms with van der Waals surface area (Å²) in [5, 5.41) is 14.1. The summed E-state index contributed by atoms with van der Waals surface area (Å²) in [6.07, 6.45) is 9.32. The van der Waals surface area contributed by atoms with E-state index in [1.54, 1.807) is 31.6 Å². The quantitative estimate of drug-likeness (QED) is 0.336. The molecule has 3 rings (SSSR count). The average molecular weight is 493 g/mol. The Morgan fingerprint density at radius 3 is 2.41 bits per heavy atom. The molecule has 34 heavy (non-hydrogen) atoms. The van der Waals surface area contributed by atoms with Crippen molar-refractivity contribution in [3.63, 3.8) is 0 Å². The van der Waals surface area contributed by atoms with Crippen molar-refractivity contribution in [2.24, 2.45) is 0 Å². The molecule has 2 aliphatic heterocycles. The summed E-state index contributed by atoms with van der Waals surface area (Å²) >= 11 is 0. The number of nitrogens with zero attached hydrogens (tertiary/aromatic N) is 3. The van der Waals surface area contributed by atoms with Crippen LogP contribution < -0.4 is 5.32 Å². The van der Waals surface area contributed by atoms with E-state index in [-0.39, 0.29) is 30.0 Å². The maximum Gasteiger partial charge on any atom is 0.336 e. The van der Waals surface area contributed by atoms with Gasteiger partial charge in [-0.2, -0.15) is 0 Å². The van der Waals surface area contributed by atoms with E-state index in [0.717, 1.165) is 25.9 Å². The summed E-state index contributed by atoms with van der Waals surface area (Å²) in [5.74, 6) is -0.877. The molecule has 0 bridgehead atoms. The minimum Gasteiger partial charge on any atom is -0.467 e. The van der Waals surface area contributed by atoms with Crippen molar-refractivity contribution in [2.75, 3.05) is 27.2 Å². The predicted octanol–water partition coefficient (Wildman–Crippen LogP) is 3.50. The number of non-ortho nitro benzene ring substituents is 1. The average Bonchev–Trinajstić information content (AvgIpc) is 2.87. The lowest BCUT2D eigenvalue weighted by molar-refractivity contribution is -0.384. The molecule has 1 aromatic carbocycles. The zero-order valence-corrected chi connectivity index (χ0v) is 20.7. The lowest BCUT2D eigenvalue weighted by atomic mass is 9.81. The van der Waals surface area contributed by atoms with E-state index in [9.17, 15) is 19.7 Å². The lowest BCUT2D eigenvalue weighted by Crippen LogP contribution is -2.57. The minimum atomic E-state index is -1.44. The molecule has 0 aliphatic carbocycles. The number of halogens is 1. The Kier molecular flexibility index (Phi) is 9.64. The van der Waals surface area contributed by atoms with E-state index < -0.39 is 16.4 Å². The topological polar surface area (TPSA) is 105 Å². The number of carbonyl (C=O) groups is 2. The van der Waals surface area contributed by atoms with Gasteiger partial charge in [0.05, 0.1) is 12.0 Å². The number of allylic oxidation sites excluding steroid dienone is 1. The van der Waals surface area contributed by atoms with E-state index in [4.69, 9.17) is 4.74 Å². The van der Waals surface area contributed by atoms with E-state index >= 15 is 0 Å². The van der Waals surface area contributed by atoms with Gasteiger partial charge in [-0.1, -0.05) is 12.5 Å². The highest BCUT2D eigenvalue weighted by Crippen LogP contribution is 2.38. The Hall–Kier alpha value is -2.91. The third-order valence-electron chi connectivity index (χ3n) is 6.64. The highest BCUT2D eigenvalue weighted by Gasteiger charge is 2.49. The highest BCUT2D eigenvalue weighted by atomic mass is 35.5. The first-order chi connectivity index (χ1) is 15.8. The molecule has 1 N–H and O–H groups in total. The van der Waals surface area contributed by atoms with Gasteiger partial charge in [-0.3, -0.25) is 14.9 Å². The molecule has 0 aromatic heterocycles. The molecule has 1 fully saturated rings. The van der Waals surface area contributed by atoms with Gasteiger partial charge in [0.25, 0.3) is 11.6 Å². The van der Waals surface area contributed by atoms with Crippen molar-refractivity contribution in [1.82, 2.24) is 15.1 Å². The number of carbonyl (C=O) groups excluding carboxylic acids is 2. The molecule has 9 nitrogen and oxygen atoms in total. The first kappa shape index (κ1) is 27.3. The van der Waals surface area contributed by atoms with Crippen LogP contribution in [0.3, 0.4) is 0 Å². The normalized spacial score (nSPS) is 18.4. The van der Waals surface area contributed by atoms with Crippen LogP contribution in [0.1, 0.15) is 44.6 Å². The third-order valence-corrected chi connectivity index (χ3v) is 6.64. The number of hydrogen-bond acceptors (Lipinski definition) is 7. The van der Waals surface area contributed by atoms with Crippen LogP contribution in [0.25, 0.3) is 0 Å². The van der Waals surface area contributed by atoms with Crippen LogP contribution in [-0.2, 0) is 19.9 Å². The van der Waals surface area contributed by atoms with Gasteiger partial charge in [-0.25, -0.2) is 4.79 Å². The molecule has 186 valence electrons. The van der Waals surface area contributed by atoms with Gasteiger partial charge in [-0.05, 0) is 63.2 Å². The fourth-order valence-corrected chi connectivity index (χ4v) is 4.73. The standard InChI is InChI=1S/C24H32N4O5.ClH/c1-18(27-14-5-4-6-15-27)16-24(23(30)33-3,20-9-11-21(12-10-20)28(31)32)26(2)22(29)19-8-7-13-25-17-19;/h7,9-13,17-18,25H,4-6,8,14-16H2,1-3H3;1H. The fourth-order valence-electron chi connectivity index (χ4n) is 4.73. The van der Waals surface area contributed by atoms with Crippen LogP contribution in [0, 0.1) is 10.1 Å². The second-order valence-electron chi connectivity index (χ2n) is 8.61. The molecule has 2 atom stereocenters. The molecular weight excluding hydrogens is 460 g/mol. The summed E-state index contributed by atoms with van der Waals surface area (Å²) in [6.45, 7) is 3.91. The zero-order valence-electron chi connectivity index (χ0n) is 19.9. The first-order valence-electron chi connectivity index (χ1n) is 11.3. The van der Waals surface area contributed by atoms with E-state index in [1.165, 1.54) is 30.6 Å². The number of esters is 1. The molecule has 1 amide bonds. The van der Waals surface area contributed by atoms with Crippen molar-refractivity contribution >= 4 is 30.0 Å². The van der Waals surface area contributed by atoms with Gasteiger partial charge >= 0.3 is 5.97 Å². The Morgan fingerprint density at radius 1 is 1.24 bits per heavy atom. The first-order valence-corrected chi connectivity index (χ1v) is 11.3. The molecule has 0 radical (unpaired) electrons. The molecule has 2 heterocycles. The maximum atomic E-state index is 13.5. The van der Waals surface area contributed by atoms with Crippen LogP contribution in [0.15, 0.2) is 48.3 Å². The number of nitrogens with one attached hydrogen (secondary N) is 1. The number of ether oxygens (including phenoxy) is 1. The number of piperidine rings is 1. The summed E-state index contributed by atoms with van der Waals surface area (Å²) in [4.78, 5) is 41.5. The number of dihydropyridines is 1. The van der Waals surface area contributed by atoms with E-state index in [2.05, 4.69) is 17.1 Å². The molecule has 1 aromatic rings. The second-order valence-corrected chi connectivity index (χ2v) is 8.61. The molecule has 10 heteroatoms. The molecule has 2 aliphatic rings. The number of nitro groups is 1. The van der Waals surface area contributed by atoms with Crippen molar-refractivity contribution in [1.29, 1.82) is 0 Å². The van der Waals surface area contributed by atoms with Crippen LogP contribution >= 0.6 is 12.4 Å². The fraction of sp³-hybridized carbons (Fsp3) is 0.500. The Bertz CT molecular complexity index is 943.